The lowest BCUT2D eigenvalue weighted by Gasteiger charge is -2.14. The zero-order valence-corrected chi connectivity index (χ0v) is 19.1. The first-order valence-corrected chi connectivity index (χ1v) is 11.2. The summed E-state index contributed by atoms with van der Waals surface area (Å²) in [6.07, 6.45) is 1.50. The molecule has 3 rings (SSSR count). The molecular weight excluding hydrogens is 440 g/mol. The molecule has 1 amide bonds. The first kappa shape index (κ1) is 22.8. The second-order valence-corrected chi connectivity index (χ2v) is 8.44. The molecule has 1 unspecified atom stereocenters. The zero-order valence-electron chi connectivity index (χ0n) is 17.5. The molecule has 0 aliphatic carbocycles. The highest BCUT2D eigenvalue weighted by molar-refractivity contribution is 8.18. The van der Waals surface area contributed by atoms with Gasteiger partial charge in [0, 0.05) is 6.54 Å². The number of aliphatic imine (C=N–C) groups is 1. The number of carboxylic acids is 1. The molecule has 164 valence electrons. The summed E-state index contributed by atoms with van der Waals surface area (Å²) in [4.78, 5) is 30.5. The normalized spacial score (nSPS) is 17.4. The second kappa shape index (κ2) is 9.92. The van der Waals surface area contributed by atoms with Crippen molar-refractivity contribution in [2.45, 2.75) is 33.3 Å². The van der Waals surface area contributed by atoms with Gasteiger partial charge in [-0.25, -0.2) is 4.79 Å². The number of nitrogens with zero attached hydrogens (tertiary/aromatic N) is 4. The van der Waals surface area contributed by atoms with Gasteiger partial charge in [-0.1, -0.05) is 24.3 Å². The molecule has 9 nitrogen and oxygen atoms in total. The van der Waals surface area contributed by atoms with Crippen molar-refractivity contribution in [3.63, 3.8) is 0 Å². The van der Waals surface area contributed by atoms with Gasteiger partial charge in [0.2, 0.25) is 5.13 Å². The van der Waals surface area contributed by atoms with Crippen molar-refractivity contribution in [1.82, 2.24) is 15.1 Å². The minimum Gasteiger partial charge on any atom is -0.493 e. The SMILES string of the molecule is CCc1nnc(/N=C2/S/C(=C/c3ccc(OC(C)C(=O)O)c(OC)c3)C(=O)N2CC)s1. The Kier molecular flexibility index (Phi) is 7.29. The molecular formula is C20H22N4O5S2. The van der Waals surface area contributed by atoms with E-state index in [0.29, 0.717) is 38.8 Å². The van der Waals surface area contributed by atoms with E-state index in [1.54, 1.807) is 29.2 Å². The van der Waals surface area contributed by atoms with Crippen molar-refractivity contribution in [2.24, 2.45) is 4.99 Å². The number of thioether (sulfide) groups is 1. The number of benzene rings is 1. The van der Waals surface area contributed by atoms with Crippen LogP contribution in [0.15, 0.2) is 28.1 Å². The average Bonchev–Trinajstić information content (AvgIpc) is 3.33. The Morgan fingerprint density at radius 3 is 2.71 bits per heavy atom. The highest BCUT2D eigenvalue weighted by Crippen LogP contribution is 2.36. The maximum absolute atomic E-state index is 12.8. The lowest BCUT2D eigenvalue weighted by atomic mass is 10.2. The van der Waals surface area contributed by atoms with Crippen LogP contribution < -0.4 is 9.47 Å². The Morgan fingerprint density at radius 2 is 2.10 bits per heavy atom. The number of methoxy groups -OCH3 is 1. The number of hydrogen-bond acceptors (Lipinski definition) is 9. The van der Waals surface area contributed by atoms with Crippen LogP contribution in [0.25, 0.3) is 6.08 Å². The van der Waals surface area contributed by atoms with Gasteiger partial charge >= 0.3 is 5.97 Å². The summed E-state index contributed by atoms with van der Waals surface area (Å²) in [6, 6.07) is 5.04. The Bertz CT molecular complexity index is 1050. The summed E-state index contributed by atoms with van der Waals surface area (Å²) in [5.41, 5.74) is 0.713. The number of rotatable bonds is 8. The van der Waals surface area contributed by atoms with Crippen LogP contribution in [0.3, 0.4) is 0 Å². The van der Waals surface area contributed by atoms with E-state index >= 15 is 0 Å². The van der Waals surface area contributed by atoms with Gasteiger partial charge in [0.1, 0.15) is 5.01 Å². The van der Waals surface area contributed by atoms with Crippen LogP contribution in [0.1, 0.15) is 31.3 Å². The van der Waals surface area contributed by atoms with Crippen molar-refractivity contribution < 1.29 is 24.2 Å². The van der Waals surface area contributed by atoms with Crippen LogP contribution >= 0.6 is 23.1 Å². The standard InChI is InChI=1S/C20H22N4O5S2/c1-5-16-22-23-19(31-16)21-20-24(6-2)17(25)15(30-20)10-12-7-8-13(14(9-12)28-4)29-11(3)18(26)27/h7-11H,5-6H2,1-4H3,(H,26,27)/b15-10+,21-20+. The summed E-state index contributed by atoms with van der Waals surface area (Å²) in [5, 5.41) is 19.1. The smallest absolute Gasteiger partial charge is 0.344 e. The molecule has 2 aromatic rings. The van der Waals surface area contributed by atoms with Gasteiger partial charge in [-0.2, -0.15) is 4.99 Å². The molecule has 0 radical (unpaired) electrons. The molecule has 1 N–H and O–H groups in total. The minimum atomic E-state index is -1.07. The third-order valence-electron chi connectivity index (χ3n) is 4.29. The molecule has 1 saturated heterocycles. The molecule has 31 heavy (non-hydrogen) atoms. The van der Waals surface area contributed by atoms with Crippen LogP contribution in [0.2, 0.25) is 0 Å². The van der Waals surface area contributed by atoms with E-state index in [1.807, 2.05) is 13.8 Å². The number of carboxylic acid groups (broad SMARTS) is 1. The monoisotopic (exact) mass is 462 g/mol. The van der Waals surface area contributed by atoms with E-state index in [4.69, 9.17) is 14.6 Å². The number of likely N-dealkylation sites (N-methyl/N-ethyl adjacent to an activating group) is 1. The van der Waals surface area contributed by atoms with Gasteiger partial charge in [0.05, 0.1) is 12.0 Å². The fourth-order valence-electron chi connectivity index (χ4n) is 2.65. The second-order valence-electron chi connectivity index (χ2n) is 6.39. The Morgan fingerprint density at radius 1 is 1.32 bits per heavy atom. The largest absolute Gasteiger partial charge is 0.493 e. The number of hydrogen-bond donors (Lipinski definition) is 1. The highest BCUT2D eigenvalue weighted by Gasteiger charge is 2.32. The number of carbonyl (C=O) groups excluding carboxylic acids is 1. The lowest BCUT2D eigenvalue weighted by Crippen LogP contribution is -2.28. The maximum Gasteiger partial charge on any atom is 0.344 e. The first-order valence-electron chi connectivity index (χ1n) is 9.56. The van der Waals surface area contributed by atoms with E-state index in [9.17, 15) is 9.59 Å². The van der Waals surface area contributed by atoms with Crippen molar-refractivity contribution >= 4 is 51.4 Å². The molecule has 11 heteroatoms. The third-order valence-corrected chi connectivity index (χ3v) is 6.26. The number of aromatic nitrogens is 2. The van der Waals surface area contributed by atoms with Crippen LogP contribution in [-0.2, 0) is 16.0 Å². The molecule has 1 aromatic heterocycles. The van der Waals surface area contributed by atoms with Crippen LogP contribution in [-0.4, -0.2) is 57.0 Å². The molecule has 0 saturated carbocycles. The fourth-order valence-corrected chi connectivity index (χ4v) is 4.40. The van der Waals surface area contributed by atoms with E-state index in [1.165, 1.54) is 37.1 Å². The van der Waals surface area contributed by atoms with Gasteiger partial charge in [0.25, 0.3) is 5.91 Å². The number of amidine groups is 1. The predicted octanol–water partition coefficient (Wildman–Crippen LogP) is 3.58. The third kappa shape index (κ3) is 5.23. The summed E-state index contributed by atoms with van der Waals surface area (Å²) in [5.74, 6) is -0.537. The molecule has 1 fully saturated rings. The summed E-state index contributed by atoms with van der Waals surface area (Å²) in [7, 11) is 1.47. The van der Waals surface area contributed by atoms with Crippen molar-refractivity contribution in [3.8, 4) is 11.5 Å². The fraction of sp³-hybridized carbons (Fsp3) is 0.350. The van der Waals surface area contributed by atoms with Gasteiger partial charge in [0.15, 0.2) is 22.8 Å². The maximum atomic E-state index is 12.8. The molecule has 1 aromatic carbocycles. The molecule has 0 spiro atoms. The van der Waals surface area contributed by atoms with Gasteiger partial charge in [-0.15, -0.1) is 10.2 Å². The lowest BCUT2D eigenvalue weighted by molar-refractivity contribution is -0.144. The Balaban J connectivity index is 1.87. The van der Waals surface area contributed by atoms with E-state index in [-0.39, 0.29) is 5.91 Å². The summed E-state index contributed by atoms with van der Waals surface area (Å²) < 4.78 is 10.7. The number of amides is 1. The minimum absolute atomic E-state index is 0.148. The number of carbonyl (C=O) groups is 2. The highest BCUT2D eigenvalue weighted by atomic mass is 32.2. The number of ether oxygens (including phenoxy) is 2. The van der Waals surface area contributed by atoms with E-state index < -0.39 is 12.1 Å². The van der Waals surface area contributed by atoms with Crippen LogP contribution in [0.4, 0.5) is 5.13 Å². The Labute approximate surface area is 187 Å². The topological polar surface area (TPSA) is 114 Å². The molecule has 1 aliphatic rings. The van der Waals surface area contributed by atoms with Crippen molar-refractivity contribution in [3.05, 3.63) is 33.7 Å². The quantitative estimate of drug-likeness (QED) is 0.592. The van der Waals surface area contributed by atoms with Gasteiger partial charge in [-0.05, 0) is 55.8 Å². The van der Waals surface area contributed by atoms with Crippen LogP contribution in [0.5, 0.6) is 11.5 Å². The van der Waals surface area contributed by atoms with Crippen LogP contribution in [0, 0.1) is 0 Å². The van der Waals surface area contributed by atoms with Crippen molar-refractivity contribution in [1.29, 1.82) is 0 Å². The van der Waals surface area contributed by atoms with Gasteiger partial charge in [-0.3, -0.25) is 9.69 Å². The molecule has 1 aliphatic heterocycles. The van der Waals surface area contributed by atoms with Gasteiger partial charge < -0.3 is 14.6 Å². The summed E-state index contributed by atoms with van der Waals surface area (Å²) >= 11 is 2.67. The molecule has 0 bridgehead atoms. The van der Waals surface area contributed by atoms with E-state index in [2.05, 4.69) is 15.2 Å². The first-order chi connectivity index (χ1) is 14.9. The summed E-state index contributed by atoms with van der Waals surface area (Å²) in [6.45, 7) is 5.79. The Hall–Kier alpha value is -2.92. The number of aryl methyl sites for hydroxylation is 1. The average molecular weight is 463 g/mol. The number of aliphatic carboxylic acids is 1. The van der Waals surface area contributed by atoms with E-state index in [0.717, 1.165) is 11.4 Å². The molecule has 2 heterocycles. The van der Waals surface area contributed by atoms with Crippen molar-refractivity contribution in [2.75, 3.05) is 13.7 Å². The molecule has 1 atom stereocenters. The predicted molar refractivity (Wildman–Crippen MR) is 120 cm³/mol. The zero-order chi connectivity index (χ0) is 22.5.